The molecule has 0 amide bonds. The van der Waals surface area contributed by atoms with Gasteiger partial charge in [0.25, 0.3) is 0 Å². The molecule has 1 aromatic heterocycles. The van der Waals surface area contributed by atoms with Crippen LogP contribution in [0.4, 0.5) is 0 Å². The van der Waals surface area contributed by atoms with E-state index < -0.39 is 0 Å². The lowest BCUT2D eigenvalue weighted by molar-refractivity contribution is -0.0121. The summed E-state index contributed by atoms with van der Waals surface area (Å²) in [4.78, 5) is 0. The lowest BCUT2D eigenvalue weighted by Crippen LogP contribution is -2.24. The highest BCUT2D eigenvalue weighted by atomic mass is 35.5. The van der Waals surface area contributed by atoms with Gasteiger partial charge in [0.2, 0.25) is 0 Å². The van der Waals surface area contributed by atoms with Gasteiger partial charge in [-0.25, -0.2) is 0 Å². The molecule has 0 atom stereocenters. The first-order valence-corrected chi connectivity index (χ1v) is 9.55. The van der Waals surface area contributed by atoms with E-state index in [-0.39, 0.29) is 12.2 Å². The third kappa shape index (κ3) is 3.62. The molecular formula is C20H24ClNO3. The van der Waals surface area contributed by atoms with E-state index in [9.17, 15) is 5.11 Å². The van der Waals surface area contributed by atoms with Gasteiger partial charge in [-0.3, -0.25) is 0 Å². The van der Waals surface area contributed by atoms with Gasteiger partial charge in [0.05, 0.1) is 23.8 Å². The zero-order valence-electron chi connectivity index (χ0n) is 14.5. The lowest BCUT2D eigenvalue weighted by Gasteiger charge is -2.25. The first-order chi connectivity index (χ1) is 12.1. The van der Waals surface area contributed by atoms with E-state index in [0.717, 1.165) is 66.7 Å². The first-order valence-electron chi connectivity index (χ1n) is 9.17. The molecule has 5 heteroatoms. The fourth-order valence-corrected chi connectivity index (χ4v) is 3.98. The van der Waals surface area contributed by atoms with Crippen molar-refractivity contribution in [3.63, 3.8) is 0 Å². The van der Waals surface area contributed by atoms with Crippen LogP contribution < -0.4 is 0 Å². The number of aliphatic hydroxyl groups is 1. The number of rotatable bonds is 5. The summed E-state index contributed by atoms with van der Waals surface area (Å²) in [5, 5.41) is 14.7. The molecule has 0 saturated heterocycles. The molecule has 0 aliphatic heterocycles. The molecule has 1 aromatic carbocycles. The third-order valence-electron chi connectivity index (χ3n) is 5.33. The van der Waals surface area contributed by atoms with Gasteiger partial charge in [0, 0.05) is 17.0 Å². The lowest BCUT2D eigenvalue weighted by atomic mass is 9.95. The summed E-state index contributed by atoms with van der Waals surface area (Å²) in [6.45, 7) is 2.54. The van der Waals surface area contributed by atoms with Crippen molar-refractivity contribution >= 4 is 11.6 Å². The van der Waals surface area contributed by atoms with Gasteiger partial charge < -0.3 is 14.4 Å². The summed E-state index contributed by atoms with van der Waals surface area (Å²) in [6, 6.07) is 5.88. The molecule has 2 fully saturated rings. The first kappa shape index (κ1) is 17.1. The molecule has 2 aromatic rings. The Balaban J connectivity index is 1.60. The topological polar surface area (TPSA) is 55.5 Å². The molecule has 2 aliphatic carbocycles. The van der Waals surface area contributed by atoms with Gasteiger partial charge >= 0.3 is 0 Å². The number of aliphatic hydroxyl groups excluding tert-OH is 1. The SMILES string of the molecule is Cc1cccc(Cl)c1-c1noc(C2CC2)c1CO[C@H]1CC[C@@H](O)CC1. The zero-order chi connectivity index (χ0) is 17.4. The van der Waals surface area contributed by atoms with E-state index in [0.29, 0.717) is 17.5 Å². The summed E-state index contributed by atoms with van der Waals surface area (Å²) in [5.41, 5.74) is 3.90. The highest BCUT2D eigenvalue weighted by molar-refractivity contribution is 6.33. The molecule has 4 rings (SSSR count). The highest BCUT2D eigenvalue weighted by Gasteiger charge is 2.33. The number of hydrogen-bond acceptors (Lipinski definition) is 4. The average molecular weight is 362 g/mol. The molecule has 1 heterocycles. The van der Waals surface area contributed by atoms with Crippen LogP contribution >= 0.6 is 11.6 Å². The summed E-state index contributed by atoms with van der Waals surface area (Å²) in [5.74, 6) is 1.43. The van der Waals surface area contributed by atoms with Crippen LogP contribution in [0.15, 0.2) is 22.7 Å². The maximum Gasteiger partial charge on any atom is 0.145 e. The maximum absolute atomic E-state index is 9.66. The Morgan fingerprint density at radius 3 is 2.64 bits per heavy atom. The van der Waals surface area contributed by atoms with Crippen molar-refractivity contribution in [2.24, 2.45) is 0 Å². The van der Waals surface area contributed by atoms with Crippen molar-refractivity contribution in [2.45, 2.75) is 70.2 Å². The smallest absolute Gasteiger partial charge is 0.145 e. The number of hydrogen-bond donors (Lipinski definition) is 1. The van der Waals surface area contributed by atoms with E-state index in [1.165, 1.54) is 0 Å². The normalized spacial score (nSPS) is 23.8. The Morgan fingerprint density at radius 2 is 1.96 bits per heavy atom. The quantitative estimate of drug-likeness (QED) is 0.814. The maximum atomic E-state index is 9.66. The van der Waals surface area contributed by atoms with Crippen molar-refractivity contribution in [1.29, 1.82) is 0 Å². The predicted molar refractivity (Wildman–Crippen MR) is 96.7 cm³/mol. The number of aryl methyl sites for hydroxylation is 1. The molecule has 134 valence electrons. The number of halogens is 1. The van der Waals surface area contributed by atoms with Crippen molar-refractivity contribution in [1.82, 2.24) is 5.16 Å². The Bertz CT molecular complexity index is 725. The molecule has 0 bridgehead atoms. The summed E-state index contributed by atoms with van der Waals surface area (Å²) in [7, 11) is 0. The minimum absolute atomic E-state index is 0.168. The van der Waals surface area contributed by atoms with Crippen LogP contribution in [0.25, 0.3) is 11.3 Å². The molecule has 0 radical (unpaired) electrons. The van der Waals surface area contributed by atoms with Crippen LogP contribution in [-0.2, 0) is 11.3 Å². The Hall–Kier alpha value is -1.36. The van der Waals surface area contributed by atoms with Gasteiger partial charge in [-0.1, -0.05) is 28.9 Å². The Morgan fingerprint density at radius 1 is 1.20 bits per heavy atom. The van der Waals surface area contributed by atoms with Crippen LogP contribution in [0.5, 0.6) is 0 Å². The van der Waals surface area contributed by atoms with Gasteiger partial charge in [-0.2, -0.15) is 0 Å². The van der Waals surface area contributed by atoms with Crippen LogP contribution in [0, 0.1) is 6.92 Å². The van der Waals surface area contributed by atoms with Gasteiger partial charge in [0.15, 0.2) is 0 Å². The molecule has 0 unspecified atom stereocenters. The summed E-state index contributed by atoms with van der Waals surface area (Å²) < 4.78 is 11.9. The molecule has 2 saturated carbocycles. The molecule has 1 N–H and O–H groups in total. The minimum atomic E-state index is -0.168. The van der Waals surface area contributed by atoms with E-state index in [2.05, 4.69) is 5.16 Å². The number of benzene rings is 1. The van der Waals surface area contributed by atoms with Crippen molar-refractivity contribution in [2.75, 3.05) is 0 Å². The van der Waals surface area contributed by atoms with Crippen molar-refractivity contribution in [3.8, 4) is 11.3 Å². The van der Waals surface area contributed by atoms with Crippen LogP contribution in [0.2, 0.25) is 5.02 Å². The molecular weight excluding hydrogens is 338 g/mol. The summed E-state index contributed by atoms with van der Waals surface area (Å²) in [6.07, 6.45) is 5.79. The standard InChI is InChI=1S/C20H24ClNO3/c1-12-3-2-4-17(21)18(12)19-16(20(25-22-19)13-5-6-13)11-24-15-9-7-14(23)8-10-15/h2-4,13-15,23H,5-11H2,1H3/t14-,15+. The third-order valence-corrected chi connectivity index (χ3v) is 5.65. The Labute approximate surface area is 153 Å². The van der Waals surface area contributed by atoms with Crippen molar-refractivity contribution in [3.05, 3.63) is 40.1 Å². The molecule has 25 heavy (non-hydrogen) atoms. The number of ether oxygens (including phenoxy) is 1. The minimum Gasteiger partial charge on any atom is -0.393 e. The van der Waals surface area contributed by atoms with E-state index in [4.69, 9.17) is 20.9 Å². The largest absolute Gasteiger partial charge is 0.393 e. The zero-order valence-corrected chi connectivity index (χ0v) is 15.3. The van der Waals surface area contributed by atoms with Crippen LogP contribution in [-0.4, -0.2) is 22.5 Å². The second-order valence-corrected chi connectivity index (χ2v) is 7.73. The fraction of sp³-hybridized carbons (Fsp3) is 0.550. The van der Waals surface area contributed by atoms with E-state index in [1.807, 2.05) is 25.1 Å². The van der Waals surface area contributed by atoms with Crippen molar-refractivity contribution < 1.29 is 14.4 Å². The molecule has 4 nitrogen and oxygen atoms in total. The van der Waals surface area contributed by atoms with Gasteiger partial charge in [-0.05, 0) is 57.1 Å². The number of nitrogens with zero attached hydrogens (tertiary/aromatic N) is 1. The van der Waals surface area contributed by atoms with Crippen LogP contribution in [0.1, 0.15) is 61.3 Å². The molecule has 0 spiro atoms. The second kappa shape index (κ2) is 7.10. The monoisotopic (exact) mass is 361 g/mol. The van der Waals surface area contributed by atoms with Crippen LogP contribution in [0.3, 0.4) is 0 Å². The van der Waals surface area contributed by atoms with Gasteiger partial charge in [0.1, 0.15) is 11.5 Å². The second-order valence-electron chi connectivity index (χ2n) is 7.32. The Kier molecular flexibility index (Phi) is 4.85. The highest BCUT2D eigenvalue weighted by Crippen LogP contribution is 2.45. The molecule has 2 aliphatic rings. The number of aromatic nitrogens is 1. The predicted octanol–water partition coefficient (Wildman–Crippen LogP) is 5.00. The average Bonchev–Trinajstić information content (AvgIpc) is 3.36. The van der Waals surface area contributed by atoms with E-state index >= 15 is 0 Å². The summed E-state index contributed by atoms with van der Waals surface area (Å²) >= 11 is 6.46. The van der Waals surface area contributed by atoms with E-state index in [1.54, 1.807) is 0 Å². The fourth-order valence-electron chi connectivity index (χ4n) is 3.67. The van der Waals surface area contributed by atoms with Gasteiger partial charge in [-0.15, -0.1) is 0 Å².